The summed E-state index contributed by atoms with van der Waals surface area (Å²) in [5.41, 5.74) is 1.62. The van der Waals surface area contributed by atoms with Crippen LogP contribution in [-0.2, 0) is 4.79 Å². The maximum absolute atomic E-state index is 12.7. The third kappa shape index (κ3) is 4.42. The maximum atomic E-state index is 12.7. The Balaban J connectivity index is 1.60. The fourth-order valence-corrected chi connectivity index (χ4v) is 3.23. The van der Waals surface area contributed by atoms with E-state index in [0.29, 0.717) is 24.5 Å². The molecule has 1 N–H and O–H groups in total. The zero-order valence-corrected chi connectivity index (χ0v) is 15.9. The second kappa shape index (κ2) is 8.16. The van der Waals surface area contributed by atoms with Crippen LogP contribution in [0, 0.1) is 0 Å². The zero-order chi connectivity index (χ0) is 19.4. The molecule has 0 aliphatic carbocycles. The molecule has 1 saturated heterocycles. The van der Waals surface area contributed by atoms with Crippen LogP contribution in [0.3, 0.4) is 0 Å². The van der Waals surface area contributed by atoms with E-state index in [1.54, 1.807) is 42.2 Å². The van der Waals surface area contributed by atoms with Gasteiger partial charge in [-0.25, -0.2) is 4.98 Å². The average Bonchev–Trinajstić information content (AvgIpc) is 3.18. The smallest absolute Gasteiger partial charge is 0.255 e. The number of amides is 2. The molecule has 7 nitrogen and oxygen atoms in total. The Morgan fingerprint density at radius 2 is 2.11 bits per heavy atom. The number of hydrogen-bond acceptors (Lipinski definition) is 5. The van der Waals surface area contributed by atoms with E-state index in [1.807, 2.05) is 31.3 Å². The van der Waals surface area contributed by atoms with Gasteiger partial charge in [0.2, 0.25) is 5.91 Å². The van der Waals surface area contributed by atoms with E-state index in [9.17, 15) is 9.59 Å². The molecule has 1 aliphatic heterocycles. The predicted octanol–water partition coefficient (Wildman–Crippen LogP) is 2.34. The zero-order valence-electron chi connectivity index (χ0n) is 15.9. The Labute approximate surface area is 159 Å². The van der Waals surface area contributed by atoms with Crippen LogP contribution in [0.4, 0.5) is 5.82 Å². The lowest BCUT2D eigenvalue weighted by Crippen LogP contribution is -2.38. The third-order valence-electron chi connectivity index (χ3n) is 5.05. The van der Waals surface area contributed by atoms with Crippen molar-refractivity contribution in [3.8, 4) is 0 Å². The highest BCUT2D eigenvalue weighted by atomic mass is 16.2. The van der Waals surface area contributed by atoms with Crippen molar-refractivity contribution in [3.63, 3.8) is 0 Å². The van der Waals surface area contributed by atoms with Crippen molar-refractivity contribution in [3.05, 3.63) is 54.0 Å². The van der Waals surface area contributed by atoms with Gasteiger partial charge in [-0.1, -0.05) is 6.07 Å². The summed E-state index contributed by atoms with van der Waals surface area (Å²) in [4.78, 5) is 36.2. The largest absolute Gasteiger partial charge is 0.363 e. The van der Waals surface area contributed by atoms with Crippen LogP contribution < -0.4 is 5.32 Å². The molecule has 0 spiro atoms. The van der Waals surface area contributed by atoms with Crippen molar-refractivity contribution in [1.82, 2.24) is 19.8 Å². The number of likely N-dealkylation sites (N-methyl/N-ethyl adjacent to an activating group) is 1. The van der Waals surface area contributed by atoms with Crippen LogP contribution in [0.25, 0.3) is 0 Å². The van der Waals surface area contributed by atoms with Crippen molar-refractivity contribution < 1.29 is 9.59 Å². The topological polar surface area (TPSA) is 78.4 Å². The Kier molecular flexibility index (Phi) is 5.69. The molecule has 1 fully saturated rings. The molecule has 1 aliphatic rings. The minimum absolute atomic E-state index is 0.0223. The number of anilines is 1. The second-order valence-corrected chi connectivity index (χ2v) is 6.91. The average molecular weight is 367 g/mol. The Morgan fingerprint density at radius 3 is 2.74 bits per heavy atom. The first-order chi connectivity index (χ1) is 13.0. The molecule has 2 aromatic heterocycles. The van der Waals surface area contributed by atoms with Gasteiger partial charge >= 0.3 is 0 Å². The number of likely N-dealkylation sites (tertiary alicyclic amines) is 1. The van der Waals surface area contributed by atoms with Crippen molar-refractivity contribution in [2.45, 2.75) is 32.4 Å². The van der Waals surface area contributed by atoms with Gasteiger partial charge in [-0.2, -0.15) is 0 Å². The molecular weight excluding hydrogens is 342 g/mol. The van der Waals surface area contributed by atoms with Crippen molar-refractivity contribution in [2.24, 2.45) is 0 Å². The van der Waals surface area contributed by atoms with Gasteiger partial charge in [0.15, 0.2) is 0 Å². The van der Waals surface area contributed by atoms with Crippen LogP contribution in [0.15, 0.2) is 42.9 Å². The van der Waals surface area contributed by atoms with Gasteiger partial charge < -0.3 is 15.1 Å². The van der Waals surface area contributed by atoms with Gasteiger partial charge in [0.1, 0.15) is 5.82 Å². The van der Waals surface area contributed by atoms with E-state index in [0.717, 1.165) is 12.0 Å². The van der Waals surface area contributed by atoms with E-state index >= 15 is 0 Å². The number of carbonyl (C=O) groups is 2. The number of pyridine rings is 2. The predicted molar refractivity (Wildman–Crippen MR) is 103 cm³/mol. The number of rotatable bonds is 5. The molecule has 27 heavy (non-hydrogen) atoms. The molecule has 3 rings (SSSR count). The summed E-state index contributed by atoms with van der Waals surface area (Å²) in [6, 6.07) is 7.65. The molecule has 3 heterocycles. The summed E-state index contributed by atoms with van der Waals surface area (Å²) in [5.74, 6) is 0.682. The number of carbonyl (C=O) groups excluding carboxylic acids is 2. The summed E-state index contributed by atoms with van der Waals surface area (Å²) >= 11 is 0. The lowest BCUT2D eigenvalue weighted by atomic mass is 10.1. The van der Waals surface area contributed by atoms with Gasteiger partial charge in [0.25, 0.3) is 5.91 Å². The molecule has 2 atom stereocenters. The van der Waals surface area contributed by atoms with E-state index in [1.165, 1.54) is 0 Å². The molecule has 2 aromatic rings. The van der Waals surface area contributed by atoms with Crippen LogP contribution in [0.1, 0.15) is 42.2 Å². The summed E-state index contributed by atoms with van der Waals surface area (Å²) in [6.45, 7) is 4.80. The quantitative estimate of drug-likeness (QED) is 0.878. The molecule has 142 valence electrons. The van der Waals surface area contributed by atoms with Crippen LogP contribution >= 0.6 is 0 Å². The molecule has 0 radical (unpaired) electrons. The minimum Gasteiger partial charge on any atom is -0.363 e. The summed E-state index contributed by atoms with van der Waals surface area (Å²) < 4.78 is 0. The molecule has 2 amide bonds. The Bertz CT molecular complexity index is 794. The minimum atomic E-state index is -0.0474. The lowest BCUT2D eigenvalue weighted by molar-refractivity contribution is -0.129. The van der Waals surface area contributed by atoms with E-state index in [-0.39, 0.29) is 23.9 Å². The van der Waals surface area contributed by atoms with Gasteiger partial charge in [-0.3, -0.25) is 14.6 Å². The molecule has 0 bridgehead atoms. The maximum Gasteiger partial charge on any atom is 0.255 e. The van der Waals surface area contributed by atoms with Crippen molar-refractivity contribution in [2.75, 3.05) is 25.5 Å². The van der Waals surface area contributed by atoms with Gasteiger partial charge in [0, 0.05) is 45.7 Å². The summed E-state index contributed by atoms with van der Waals surface area (Å²) in [7, 11) is 1.78. The first-order valence-corrected chi connectivity index (χ1v) is 9.11. The number of aromatic nitrogens is 2. The lowest BCUT2D eigenvalue weighted by Gasteiger charge is -2.23. The van der Waals surface area contributed by atoms with E-state index in [4.69, 9.17) is 0 Å². The fraction of sp³-hybridized carbons (Fsp3) is 0.400. The Hall–Kier alpha value is -2.96. The van der Waals surface area contributed by atoms with Crippen molar-refractivity contribution >= 4 is 17.6 Å². The summed E-state index contributed by atoms with van der Waals surface area (Å²) in [5, 5.41) is 3.31. The second-order valence-electron chi connectivity index (χ2n) is 6.91. The third-order valence-corrected chi connectivity index (χ3v) is 5.05. The molecule has 7 heteroatoms. The molecular formula is C20H25N5O2. The number of nitrogens with one attached hydrogen (secondary N) is 1. The highest BCUT2D eigenvalue weighted by molar-refractivity contribution is 5.94. The van der Waals surface area contributed by atoms with Crippen LogP contribution in [0.5, 0.6) is 0 Å². The monoisotopic (exact) mass is 367 g/mol. The van der Waals surface area contributed by atoms with Crippen LogP contribution in [-0.4, -0.2) is 57.8 Å². The highest BCUT2D eigenvalue weighted by Crippen LogP contribution is 2.19. The highest BCUT2D eigenvalue weighted by Gasteiger charge is 2.30. The standard InChI is InChI=1S/C20H25N5O2/c1-14(16-5-4-9-21-11-16)23-19-7-6-17(12-22-19)20(27)25-10-8-18(13-25)24(3)15(2)26/h4-7,9,11-12,14,18H,8,10,13H2,1-3H3,(H,22,23)/t14?,18-/m0/s1. The van der Waals surface area contributed by atoms with Gasteiger partial charge in [-0.15, -0.1) is 0 Å². The van der Waals surface area contributed by atoms with Crippen molar-refractivity contribution in [1.29, 1.82) is 0 Å². The Morgan fingerprint density at radius 1 is 1.30 bits per heavy atom. The molecule has 0 aromatic carbocycles. The number of nitrogens with zero attached hydrogens (tertiary/aromatic N) is 4. The normalized spacial score (nSPS) is 17.4. The first kappa shape index (κ1) is 18.8. The van der Waals surface area contributed by atoms with Gasteiger partial charge in [0.05, 0.1) is 17.6 Å². The first-order valence-electron chi connectivity index (χ1n) is 9.11. The summed E-state index contributed by atoms with van der Waals surface area (Å²) in [6.07, 6.45) is 5.96. The molecule has 0 saturated carbocycles. The van der Waals surface area contributed by atoms with E-state index < -0.39 is 0 Å². The van der Waals surface area contributed by atoms with E-state index in [2.05, 4.69) is 15.3 Å². The number of hydrogen-bond donors (Lipinski definition) is 1. The van der Waals surface area contributed by atoms with Crippen LogP contribution in [0.2, 0.25) is 0 Å². The van der Waals surface area contributed by atoms with Gasteiger partial charge in [-0.05, 0) is 37.1 Å². The SMILES string of the molecule is CC(=O)N(C)[C@H]1CCN(C(=O)c2ccc(NC(C)c3cccnc3)nc2)C1. The fourth-order valence-electron chi connectivity index (χ4n) is 3.23. The molecule has 1 unspecified atom stereocenters.